The maximum atomic E-state index is 11.7. The van der Waals surface area contributed by atoms with Gasteiger partial charge in [-0.2, -0.15) is 4.98 Å². The molecule has 3 rings (SSSR count). The highest BCUT2D eigenvalue weighted by Gasteiger charge is 2.19. The topological polar surface area (TPSA) is 94.0 Å². The fourth-order valence-electron chi connectivity index (χ4n) is 2.75. The first kappa shape index (κ1) is 18.1. The Morgan fingerprint density at radius 3 is 2.77 bits per heavy atom. The number of benzene rings is 1. The van der Waals surface area contributed by atoms with E-state index in [-0.39, 0.29) is 11.7 Å². The van der Waals surface area contributed by atoms with Gasteiger partial charge in [0.1, 0.15) is 12.4 Å². The van der Waals surface area contributed by atoms with Crippen molar-refractivity contribution < 1.29 is 24.1 Å². The van der Waals surface area contributed by atoms with Crippen LogP contribution < -0.4 is 9.47 Å². The SMILES string of the molecule is COc1ccccc1-c1cnc(OCCN2CCOCC2)nc1C(=O)O. The van der Waals surface area contributed by atoms with Crippen LogP contribution in [0.15, 0.2) is 30.5 Å². The van der Waals surface area contributed by atoms with Crippen LogP contribution in [0.5, 0.6) is 11.8 Å². The number of nitrogens with zero attached hydrogens (tertiary/aromatic N) is 3. The predicted octanol–water partition coefficient (Wildman–Crippen LogP) is 1.56. The maximum Gasteiger partial charge on any atom is 0.355 e. The van der Waals surface area contributed by atoms with Crippen molar-refractivity contribution in [2.24, 2.45) is 0 Å². The van der Waals surface area contributed by atoms with Crippen molar-refractivity contribution in [2.45, 2.75) is 0 Å². The van der Waals surface area contributed by atoms with Gasteiger partial charge in [-0.15, -0.1) is 0 Å². The normalized spacial score (nSPS) is 14.8. The van der Waals surface area contributed by atoms with Gasteiger partial charge in [-0.3, -0.25) is 4.90 Å². The molecular weight excluding hydrogens is 338 g/mol. The summed E-state index contributed by atoms with van der Waals surface area (Å²) in [6.45, 7) is 4.24. The number of carboxylic acids is 1. The number of methoxy groups -OCH3 is 1. The Labute approximate surface area is 151 Å². The maximum absolute atomic E-state index is 11.7. The summed E-state index contributed by atoms with van der Waals surface area (Å²) in [4.78, 5) is 22.1. The van der Waals surface area contributed by atoms with Crippen molar-refractivity contribution in [2.75, 3.05) is 46.6 Å². The molecule has 0 atom stereocenters. The summed E-state index contributed by atoms with van der Waals surface area (Å²) in [5.74, 6) is -0.592. The molecule has 1 fully saturated rings. The predicted molar refractivity (Wildman–Crippen MR) is 93.7 cm³/mol. The largest absolute Gasteiger partial charge is 0.496 e. The van der Waals surface area contributed by atoms with Gasteiger partial charge in [-0.25, -0.2) is 9.78 Å². The van der Waals surface area contributed by atoms with Gasteiger partial charge in [0.15, 0.2) is 5.69 Å². The summed E-state index contributed by atoms with van der Waals surface area (Å²) in [7, 11) is 1.53. The Morgan fingerprint density at radius 2 is 2.04 bits per heavy atom. The van der Waals surface area contributed by atoms with E-state index in [1.807, 2.05) is 6.07 Å². The van der Waals surface area contributed by atoms with Crippen LogP contribution >= 0.6 is 0 Å². The average Bonchev–Trinajstić information content (AvgIpc) is 2.68. The lowest BCUT2D eigenvalue weighted by Crippen LogP contribution is -2.38. The van der Waals surface area contributed by atoms with Gasteiger partial charge in [0.2, 0.25) is 0 Å². The summed E-state index contributed by atoms with van der Waals surface area (Å²) in [5, 5.41) is 9.54. The lowest BCUT2D eigenvalue weighted by atomic mass is 10.0. The third-order valence-electron chi connectivity index (χ3n) is 4.11. The minimum Gasteiger partial charge on any atom is -0.496 e. The number of carboxylic acid groups (broad SMARTS) is 1. The molecule has 8 heteroatoms. The third-order valence-corrected chi connectivity index (χ3v) is 4.11. The second-order valence-electron chi connectivity index (χ2n) is 5.72. The molecule has 1 aliphatic heterocycles. The van der Waals surface area contributed by atoms with Crippen LogP contribution in [0.1, 0.15) is 10.5 Å². The zero-order valence-electron chi connectivity index (χ0n) is 14.6. The number of ether oxygens (including phenoxy) is 3. The molecule has 0 aliphatic carbocycles. The highest BCUT2D eigenvalue weighted by molar-refractivity contribution is 5.94. The van der Waals surface area contributed by atoms with E-state index in [1.54, 1.807) is 18.2 Å². The molecule has 8 nitrogen and oxygen atoms in total. The monoisotopic (exact) mass is 359 g/mol. The van der Waals surface area contributed by atoms with Crippen molar-refractivity contribution in [1.29, 1.82) is 0 Å². The molecule has 26 heavy (non-hydrogen) atoms. The minimum atomic E-state index is -1.15. The Hall–Kier alpha value is -2.71. The van der Waals surface area contributed by atoms with E-state index in [2.05, 4.69) is 14.9 Å². The van der Waals surface area contributed by atoms with E-state index < -0.39 is 5.97 Å². The highest BCUT2D eigenvalue weighted by atomic mass is 16.5. The molecule has 0 unspecified atom stereocenters. The lowest BCUT2D eigenvalue weighted by Gasteiger charge is -2.26. The molecular formula is C18H21N3O5. The lowest BCUT2D eigenvalue weighted by molar-refractivity contribution is 0.0316. The molecule has 1 aromatic carbocycles. The van der Waals surface area contributed by atoms with Crippen LogP contribution in [0.4, 0.5) is 0 Å². The van der Waals surface area contributed by atoms with Gasteiger partial charge >= 0.3 is 12.0 Å². The smallest absolute Gasteiger partial charge is 0.355 e. The summed E-state index contributed by atoms with van der Waals surface area (Å²) in [6, 6.07) is 7.19. The van der Waals surface area contributed by atoms with Crippen LogP contribution in [-0.4, -0.2) is 72.5 Å². The number of hydrogen-bond donors (Lipinski definition) is 1. The second kappa shape index (κ2) is 8.59. The molecule has 0 saturated carbocycles. The molecule has 0 amide bonds. The number of aromatic carboxylic acids is 1. The van der Waals surface area contributed by atoms with Crippen LogP contribution in [0.25, 0.3) is 11.1 Å². The van der Waals surface area contributed by atoms with Crippen LogP contribution in [-0.2, 0) is 4.74 Å². The first-order chi connectivity index (χ1) is 12.7. The van der Waals surface area contributed by atoms with E-state index >= 15 is 0 Å². The van der Waals surface area contributed by atoms with E-state index in [0.717, 1.165) is 13.1 Å². The number of carbonyl (C=O) groups is 1. The number of para-hydroxylation sites is 1. The van der Waals surface area contributed by atoms with Gasteiger partial charge in [0.25, 0.3) is 0 Å². The molecule has 1 N–H and O–H groups in total. The number of aromatic nitrogens is 2. The first-order valence-corrected chi connectivity index (χ1v) is 8.35. The second-order valence-corrected chi connectivity index (χ2v) is 5.72. The van der Waals surface area contributed by atoms with Gasteiger partial charge < -0.3 is 19.3 Å². The number of hydrogen-bond acceptors (Lipinski definition) is 7. The molecule has 0 spiro atoms. The highest BCUT2D eigenvalue weighted by Crippen LogP contribution is 2.31. The third kappa shape index (κ3) is 4.27. The van der Waals surface area contributed by atoms with Crippen molar-refractivity contribution >= 4 is 5.97 Å². The zero-order chi connectivity index (χ0) is 18.4. The van der Waals surface area contributed by atoms with E-state index in [9.17, 15) is 9.90 Å². The molecule has 1 aliphatic rings. The Morgan fingerprint density at radius 1 is 1.27 bits per heavy atom. The van der Waals surface area contributed by atoms with Gasteiger partial charge in [0, 0.05) is 37.0 Å². The summed E-state index contributed by atoms with van der Waals surface area (Å²) in [6.07, 6.45) is 1.46. The number of rotatable bonds is 7. The van der Waals surface area contributed by atoms with Crippen molar-refractivity contribution in [3.8, 4) is 22.9 Å². The molecule has 138 valence electrons. The zero-order valence-corrected chi connectivity index (χ0v) is 14.6. The fraction of sp³-hybridized carbons (Fsp3) is 0.389. The standard InChI is InChI=1S/C18H21N3O5/c1-24-15-5-3-2-4-13(15)14-12-19-18(20-16(14)17(22)23)26-11-8-21-6-9-25-10-7-21/h2-5,12H,6-11H2,1H3,(H,22,23). The van der Waals surface area contributed by atoms with Crippen molar-refractivity contribution in [3.63, 3.8) is 0 Å². The summed E-state index contributed by atoms with van der Waals surface area (Å²) in [5.41, 5.74) is 0.883. The van der Waals surface area contributed by atoms with E-state index in [0.29, 0.717) is 43.2 Å². The van der Waals surface area contributed by atoms with Gasteiger partial charge in [-0.1, -0.05) is 18.2 Å². The van der Waals surface area contributed by atoms with Gasteiger partial charge in [0.05, 0.1) is 20.3 Å². The van der Waals surface area contributed by atoms with Crippen LogP contribution in [0, 0.1) is 0 Å². The molecule has 2 aromatic rings. The number of morpholine rings is 1. The molecule has 1 aromatic heterocycles. The summed E-state index contributed by atoms with van der Waals surface area (Å²) >= 11 is 0. The molecule has 1 saturated heterocycles. The molecule has 0 radical (unpaired) electrons. The van der Waals surface area contributed by atoms with E-state index in [4.69, 9.17) is 14.2 Å². The average molecular weight is 359 g/mol. The Kier molecular flexibility index (Phi) is 5.98. The quantitative estimate of drug-likeness (QED) is 0.796. The Balaban J connectivity index is 1.75. The molecule has 2 heterocycles. The Bertz CT molecular complexity index is 762. The van der Waals surface area contributed by atoms with Crippen molar-refractivity contribution in [3.05, 3.63) is 36.2 Å². The van der Waals surface area contributed by atoms with Gasteiger partial charge in [-0.05, 0) is 6.07 Å². The molecule has 0 bridgehead atoms. The first-order valence-electron chi connectivity index (χ1n) is 8.35. The van der Waals surface area contributed by atoms with Crippen molar-refractivity contribution in [1.82, 2.24) is 14.9 Å². The fourth-order valence-corrected chi connectivity index (χ4v) is 2.75. The van der Waals surface area contributed by atoms with E-state index in [1.165, 1.54) is 13.3 Å². The summed E-state index contributed by atoms with van der Waals surface area (Å²) < 4.78 is 16.1. The van der Waals surface area contributed by atoms with Crippen LogP contribution in [0.3, 0.4) is 0 Å². The van der Waals surface area contributed by atoms with Crippen LogP contribution in [0.2, 0.25) is 0 Å². The minimum absolute atomic E-state index is 0.0503.